The van der Waals surface area contributed by atoms with Gasteiger partial charge in [0.25, 0.3) is 0 Å². The lowest BCUT2D eigenvalue weighted by molar-refractivity contribution is -0.142. The third kappa shape index (κ3) is 3.50. The number of amides is 2. The molecule has 3 rings (SSSR count). The quantitative estimate of drug-likeness (QED) is 0.799. The minimum absolute atomic E-state index is 0.0624. The highest BCUT2D eigenvalue weighted by atomic mass is 16.2. The SMILES string of the molecule is CCN(Cc1ccccc1)C(=O)C1(C(=O)Nc2c(C)cccc2C)CC1. The summed E-state index contributed by atoms with van der Waals surface area (Å²) in [7, 11) is 0. The van der Waals surface area contributed by atoms with Crippen LogP contribution in [0.15, 0.2) is 48.5 Å². The van der Waals surface area contributed by atoms with Crippen molar-refractivity contribution in [2.24, 2.45) is 5.41 Å². The molecule has 4 nitrogen and oxygen atoms in total. The van der Waals surface area contributed by atoms with Crippen molar-refractivity contribution < 1.29 is 9.59 Å². The zero-order valence-corrected chi connectivity index (χ0v) is 15.7. The molecule has 0 radical (unpaired) electrons. The lowest BCUT2D eigenvalue weighted by Gasteiger charge is -2.26. The first-order valence-electron chi connectivity index (χ1n) is 9.19. The Hall–Kier alpha value is -2.62. The molecule has 2 aromatic rings. The number of carbonyl (C=O) groups excluding carboxylic acids is 2. The van der Waals surface area contributed by atoms with E-state index in [4.69, 9.17) is 0 Å². The van der Waals surface area contributed by atoms with Crippen LogP contribution in [0.3, 0.4) is 0 Å². The fourth-order valence-corrected chi connectivity index (χ4v) is 3.34. The Morgan fingerprint density at radius 3 is 2.15 bits per heavy atom. The average Bonchev–Trinajstić information content (AvgIpc) is 3.45. The molecule has 4 heteroatoms. The van der Waals surface area contributed by atoms with E-state index in [0.717, 1.165) is 22.4 Å². The molecule has 0 spiro atoms. The van der Waals surface area contributed by atoms with Crippen molar-refractivity contribution >= 4 is 17.5 Å². The molecule has 0 aliphatic heterocycles. The van der Waals surface area contributed by atoms with Gasteiger partial charge in [-0.2, -0.15) is 0 Å². The van der Waals surface area contributed by atoms with Crippen molar-refractivity contribution in [1.82, 2.24) is 4.90 Å². The van der Waals surface area contributed by atoms with Gasteiger partial charge in [-0.05, 0) is 50.3 Å². The molecule has 0 unspecified atom stereocenters. The Bertz CT molecular complexity index is 790. The summed E-state index contributed by atoms with van der Waals surface area (Å²) in [5.41, 5.74) is 3.02. The first kappa shape index (κ1) is 18.2. The Morgan fingerprint density at radius 2 is 1.62 bits per heavy atom. The molecule has 0 bridgehead atoms. The molecule has 1 N–H and O–H groups in total. The molecular formula is C22H26N2O2. The lowest BCUT2D eigenvalue weighted by Crippen LogP contribution is -2.42. The first-order chi connectivity index (χ1) is 12.5. The monoisotopic (exact) mass is 350 g/mol. The number of para-hydroxylation sites is 1. The van der Waals surface area contributed by atoms with Gasteiger partial charge in [-0.25, -0.2) is 0 Å². The maximum atomic E-state index is 13.1. The van der Waals surface area contributed by atoms with E-state index in [9.17, 15) is 9.59 Å². The van der Waals surface area contributed by atoms with Crippen LogP contribution in [0.25, 0.3) is 0 Å². The van der Waals surface area contributed by atoms with Crippen molar-refractivity contribution in [3.8, 4) is 0 Å². The molecule has 2 aromatic carbocycles. The minimum atomic E-state index is -0.903. The van der Waals surface area contributed by atoms with Crippen LogP contribution in [0.2, 0.25) is 0 Å². The number of anilines is 1. The van der Waals surface area contributed by atoms with Crippen LogP contribution >= 0.6 is 0 Å². The van der Waals surface area contributed by atoms with Gasteiger partial charge in [0.1, 0.15) is 5.41 Å². The van der Waals surface area contributed by atoms with E-state index in [-0.39, 0.29) is 11.8 Å². The van der Waals surface area contributed by atoms with E-state index in [0.29, 0.717) is 25.9 Å². The van der Waals surface area contributed by atoms with Crippen LogP contribution in [-0.2, 0) is 16.1 Å². The molecule has 1 aliphatic carbocycles. The van der Waals surface area contributed by atoms with Crippen molar-refractivity contribution in [1.29, 1.82) is 0 Å². The second-order valence-corrected chi connectivity index (χ2v) is 7.11. The van der Waals surface area contributed by atoms with Gasteiger partial charge in [0, 0.05) is 18.8 Å². The Balaban J connectivity index is 1.76. The van der Waals surface area contributed by atoms with Gasteiger partial charge in [0.05, 0.1) is 0 Å². The summed E-state index contributed by atoms with van der Waals surface area (Å²) in [5, 5.41) is 3.02. The second-order valence-electron chi connectivity index (χ2n) is 7.11. The molecule has 0 saturated heterocycles. The fraction of sp³-hybridized carbons (Fsp3) is 0.364. The van der Waals surface area contributed by atoms with Gasteiger partial charge in [-0.15, -0.1) is 0 Å². The summed E-state index contributed by atoms with van der Waals surface area (Å²) in [6.45, 7) is 7.02. The number of carbonyl (C=O) groups is 2. The molecule has 0 atom stereocenters. The van der Waals surface area contributed by atoms with E-state index in [1.807, 2.05) is 69.3 Å². The molecule has 26 heavy (non-hydrogen) atoms. The maximum absolute atomic E-state index is 13.1. The fourth-order valence-electron chi connectivity index (χ4n) is 3.34. The van der Waals surface area contributed by atoms with Crippen LogP contribution in [0.5, 0.6) is 0 Å². The van der Waals surface area contributed by atoms with Crippen molar-refractivity contribution in [2.45, 2.75) is 40.2 Å². The Labute approximate surface area is 155 Å². The van der Waals surface area contributed by atoms with E-state index < -0.39 is 5.41 Å². The molecule has 136 valence electrons. The summed E-state index contributed by atoms with van der Waals surface area (Å²) < 4.78 is 0. The van der Waals surface area contributed by atoms with E-state index in [1.54, 1.807) is 4.90 Å². The van der Waals surface area contributed by atoms with Crippen molar-refractivity contribution in [3.05, 3.63) is 65.2 Å². The van der Waals surface area contributed by atoms with Crippen LogP contribution in [0.4, 0.5) is 5.69 Å². The van der Waals surface area contributed by atoms with Gasteiger partial charge in [-0.3, -0.25) is 9.59 Å². The van der Waals surface area contributed by atoms with E-state index in [1.165, 1.54) is 0 Å². The average molecular weight is 350 g/mol. The van der Waals surface area contributed by atoms with Crippen LogP contribution in [0.1, 0.15) is 36.5 Å². The summed E-state index contributed by atoms with van der Waals surface area (Å²) >= 11 is 0. The number of hydrogen-bond donors (Lipinski definition) is 1. The molecule has 1 saturated carbocycles. The van der Waals surface area contributed by atoms with Crippen molar-refractivity contribution in [3.63, 3.8) is 0 Å². The largest absolute Gasteiger partial charge is 0.338 e. The molecule has 0 heterocycles. The predicted octanol–water partition coefficient (Wildman–Crippen LogP) is 4.07. The highest BCUT2D eigenvalue weighted by Crippen LogP contribution is 2.48. The van der Waals surface area contributed by atoms with Crippen LogP contribution in [0, 0.1) is 19.3 Å². The Kier molecular flexibility index (Phi) is 5.12. The highest BCUT2D eigenvalue weighted by Gasteiger charge is 2.57. The topological polar surface area (TPSA) is 49.4 Å². The number of rotatable bonds is 6. The van der Waals surface area contributed by atoms with Gasteiger partial charge >= 0.3 is 0 Å². The summed E-state index contributed by atoms with van der Waals surface area (Å²) in [6.07, 6.45) is 1.24. The number of aryl methyl sites for hydroxylation is 2. The zero-order chi connectivity index (χ0) is 18.7. The van der Waals surface area contributed by atoms with Gasteiger partial charge in [0.2, 0.25) is 11.8 Å². The van der Waals surface area contributed by atoms with Gasteiger partial charge in [0.15, 0.2) is 0 Å². The minimum Gasteiger partial charge on any atom is -0.338 e. The lowest BCUT2D eigenvalue weighted by atomic mass is 10.0. The molecule has 1 fully saturated rings. The third-order valence-electron chi connectivity index (χ3n) is 5.20. The number of benzene rings is 2. The Morgan fingerprint density at radius 1 is 1.00 bits per heavy atom. The molecule has 0 aromatic heterocycles. The summed E-state index contributed by atoms with van der Waals surface area (Å²) in [4.78, 5) is 27.9. The summed E-state index contributed by atoms with van der Waals surface area (Å²) in [6, 6.07) is 15.8. The molecular weight excluding hydrogens is 324 g/mol. The van der Waals surface area contributed by atoms with E-state index in [2.05, 4.69) is 5.32 Å². The van der Waals surface area contributed by atoms with Gasteiger partial charge in [-0.1, -0.05) is 48.5 Å². The standard InChI is InChI=1S/C22H26N2O2/c1-4-24(15-18-11-6-5-7-12-18)21(26)22(13-14-22)20(25)23-19-16(2)9-8-10-17(19)3/h5-12H,4,13-15H2,1-3H3,(H,23,25). The smallest absolute Gasteiger partial charge is 0.240 e. The first-order valence-corrected chi connectivity index (χ1v) is 9.19. The number of hydrogen-bond acceptors (Lipinski definition) is 2. The van der Waals surface area contributed by atoms with Crippen LogP contribution in [-0.4, -0.2) is 23.3 Å². The second kappa shape index (κ2) is 7.32. The van der Waals surface area contributed by atoms with Crippen molar-refractivity contribution in [2.75, 3.05) is 11.9 Å². The van der Waals surface area contributed by atoms with E-state index >= 15 is 0 Å². The number of nitrogens with zero attached hydrogens (tertiary/aromatic N) is 1. The molecule has 2 amide bonds. The van der Waals surface area contributed by atoms with Crippen LogP contribution < -0.4 is 5.32 Å². The normalized spacial score (nSPS) is 14.6. The zero-order valence-electron chi connectivity index (χ0n) is 15.7. The number of nitrogens with one attached hydrogen (secondary N) is 1. The highest BCUT2D eigenvalue weighted by molar-refractivity contribution is 6.13. The maximum Gasteiger partial charge on any atom is 0.240 e. The van der Waals surface area contributed by atoms with Gasteiger partial charge < -0.3 is 10.2 Å². The predicted molar refractivity (Wildman–Crippen MR) is 104 cm³/mol. The summed E-state index contributed by atoms with van der Waals surface area (Å²) in [5.74, 6) is -0.237. The third-order valence-corrected chi connectivity index (χ3v) is 5.20. The molecule has 1 aliphatic rings.